The minimum Gasteiger partial charge on any atom is -0.793 e. The van der Waals surface area contributed by atoms with E-state index in [4.69, 9.17) is 69.5 Å². The number of ketones is 1. The molecule has 1 aliphatic heterocycles. The van der Waals surface area contributed by atoms with Crippen LogP contribution in [0.1, 0.15) is 109 Å². The predicted octanol–water partition coefficient (Wildman–Crippen LogP) is 7.47. The molecule has 0 saturated carbocycles. The van der Waals surface area contributed by atoms with Crippen molar-refractivity contribution >= 4 is 42.3 Å². The fourth-order valence-corrected chi connectivity index (χ4v) is 7.56. The summed E-state index contributed by atoms with van der Waals surface area (Å²) in [5, 5.41) is 0. The molecule has 5 atom stereocenters. The Hall–Kier alpha value is -4.02. The van der Waals surface area contributed by atoms with Gasteiger partial charge in [0.05, 0.1) is 102 Å². The van der Waals surface area contributed by atoms with Crippen LogP contribution in [0.3, 0.4) is 0 Å². The first-order valence-electron chi connectivity index (χ1n) is 25.5. The molecule has 0 N–H and O–H groups in total. The third kappa shape index (κ3) is 27.7. The van der Waals surface area contributed by atoms with E-state index in [1.165, 1.54) is 82.6 Å². The Morgan fingerprint density at radius 1 is 0.446 bits per heavy atom. The molecule has 3 aromatic carbocycles. The molecule has 1 saturated heterocycles. The van der Waals surface area contributed by atoms with Crippen LogP contribution in [0.25, 0.3) is 0 Å². The summed E-state index contributed by atoms with van der Waals surface area (Å²) in [6, 6.07) is 24.3. The van der Waals surface area contributed by atoms with E-state index >= 15 is 0 Å². The second-order valence-corrected chi connectivity index (χ2v) is 17.5. The molecule has 0 amide bonds. The summed E-state index contributed by atoms with van der Waals surface area (Å²) in [5.41, 5.74) is 0.547. The molecule has 4 rings (SSSR count). The van der Waals surface area contributed by atoms with Crippen LogP contribution in [0.5, 0.6) is 0 Å². The zero-order chi connectivity index (χ0) is 52.0. The number of esters is 4. The van der Waals surface area contributed by atoms with Crippen LogP contribution < -0.4 is 0 Å². The van der Waals surface area contributed by atoms with Crippen molar-refractivity contribution in [1.29, 1.82) is 0 Å². The second-order valence-electron chi connectivity index (χ2n) is 17.1. The monoisotopic (exact) mass is 1240 g/mol. The fraction of sp³-hybridized carbons (Fsp3) is 0.582. The van der Waals surface area contributed by atoms with E-state index in [0.29, 0.717) is 52.9 Å². The number of carbonyl (C=O) groups is 5. The van der Waals surface area contributed by atoms with Gasteiger partial charge < -0.3 is 74.3 Å². The van der Waals surface area contributed by atoms with E-state index in [2.05, 4.69) is 0 Å². The standard InChI is InChI=1S/C55H76O17S.Au/c1-43(56)26-27-48(57)70-49-47(42-68-52(58)44-20-12-9-13-21-44)69-55(51(72-54(60)46-24-16-11-17-25-46)50(49)71-53(59)45-22-14-10-15-23-45)67-40-39-66-38-37-65-36-35-64-34-33-63-32-31-62-30-29-61-28-18-7-5-3-2-4-6-8-19-41-73;/h9-17,20-25,47,49-51,55,73H,2-8,18-19,26-42H2,1H3;/q;+1/p-1/t47-,49-,50+,51-,55-;/m1./s1. The summed E-state index contributed by atoms with van der Waals surface area (Å²) < 4.78 is 69.8. The number of hydrogen-bond acceptors (Lipinski definition) is 18. The predicted molar refractivity (Wildman–Crippen MR) is 271 cm³/mol. The molecular formula is C55H75AuO17S. The van der Waals surface area contributed by atoms with Crippen LogP contribution in [0, 0.1) is 0 Å². The quantitative estimate of drug-likeness (QED) is 0.0178. The molecule has 3 aromatic rings. The molecule has 1 aliphatic rings. The van der Waals surface area contributed by atoms with Gasteiger partial charge in [-0.3, -0.25) is 4.79 Å². The van der Waals surface area contributed by atoms with Gasteiger partial charge in [0.15, 0.2) is 24.6 Å². The van der Waals surface area contributed by atoms with E-state index in [-0.39, 0.29) is 84.1 Å². The zero-order valence-corrected chi connectivity index (χ0v) is 45.6. The molecule has 414 valence electrons. The van der Waals surface area contributed by atoms with Gasteiger partial charge in [0.2, 0.25) is 0 Å². The first-order valence-corrected chi connectivity index (χ1v) is 26.1. The summed E-state index contributed by atoms with van der Waals surface area (Å²) >= 11 is 4.99. The number of ether oxygens (including phenoxy) is 12. The summed E-state index contributed by atoms with van der Waals surface area (Å²) in [6.45, 7) is 5.59. The largest absolute Gasteiger partial charge is 1.00 e. The van der Waals surface area contributed by atoms with Gasteiger partial charge in [-0.05, 0) is 49.7 Å². The van der Waals surface area contributed by atoms with Crippen LogP contribution in [0.4, 0.5) is 0 Å². The zero-order valence-electron chi connectivity index (χ0n) is 42.6. The van der Waals surface area contributed by atoms with Crippen molar-refractivity contribution < 1.29 is 103 Å². The van der Waals surface area contributed by atoms with Crippen LogP contribution in [-0.4, -0.2) is 159 Å². The molecule has 0 radical (unpaired) electrons. The maximum Gasteiger partial charge on any atom is 1.00 e. The summed E-state index contributed by atoms with van der Waals surface area (Å²) in [7, 11) is 0. The fourth-order valence-electron chi connectivity index (χ4n) is 7.35. The van der Waals surface area contributed by atoms with E-state index in [1.54, 1.807) is 66.7 Å². The maximum absolute atomic E-state index is 13.8. The van der Waals surface area contributed by atoms with Crippen molar-refractivity contribution in [2.45, 2.75) is 108 Å². The van der Waals surface area contributed by atoms with Gasteiger partial charge >= 0.3 is 46.3 Å². The third-order valence-electron chi connectivity index (χ3n) is 11.2. The number of rotatable bonds is 41. The van der Waals surface area contributed by atoms with E-state index in [0.717, 1.165) is 18.8 Å². The number of Topliss-reactive ketones (excluding diaryl/α,β-unsaturated/α-hetero) is 1. The van der Waals surface area contributed by atoms with Gasteiger partial charge in [-0.2, -0.15) is 5.75 Å². The Bertz CT molecular complexity index is 1950. The number of hydrogen-bond donors (Lipinski definition) is 0. The molecule has 0 aliphatic carbocycles. The van der Waals surface area contributed by atoms with E-state index in [9.17, 15) is 24.0 Å². The summed E-state index contributed by atoms with van der Waals surface area (Å²) in [4.78, 5) is 65.7. The van der Waals surface area contributed by atoms with Crippen LogP contribution >= 0.6 is 0 Å². The Morgan fingerprint density at radius 3 is 1.28 bits per heavy atom. The van der Waals surface area contributed by atoms with Gasteiger partial charge in [-0.15, -0.1) is 0 Å². The first kappa shape index (κ1) is 64.3. The van der Waals surface area contributed by atoms with Crippen molar-refractivity contribution in [3.8, 4) is 0 Å². The normalized spacial score (nSPS) is 17.2. The molecule has 0 unspecified atom stereocenters. The molecule has 0 aromatic heterocycles. The smallest absolute Gasteiger partial charge is 0.793 e. The molecular weight excluding hydrogens is 1160 g/mol. The molecule has 1 fully saturated rings. The van der Waals surface area contributed by atoms with Crippen LogP contribution in [0.2, 0.25) is 0 Å². The topological polar surface area (TPSA) is 196 Å². The van der Waals surface area contributed by atoms with Gasteiger partial charge in [0.1, 0.15) is 18.5 Å². The average Bonchev–Trinajstić information content (AvgIpc) is 3.41. The van der Waals surface area contributed by atoms with Gasteiger partial charge in [0.25, 0.3) is 0 Å². The minimum absolute atomic E-state index is 0. The number of benzene rings is 3. The molecule has 17 nitrogen and oxygen atoms in total. The van der Waals surface area contributed by atoms with Gasteiger partial charge in [-0.25, -0.2) is 14.4 Å². The number of carbonyl (C=O) groups excluding carboxylic acids is 5. The SMILES string of the molecule is CC(=O)CCC(=O)O[C@H]1[C@H](OC(=O)c2ccccc2)[C@@H](OC(=O)c2ccccc2)[C@H](OCCOCCOCCOCCOCCOCCOCCCCCCCCCCC[S-])O[C@@H]1COC(=O)c1ccccc1.[Au+]. The minimum atomic E-state index is -1.57. The first-order chi connectivity index (χ1) is 35.8. The average molecular weight is 1240 g/mol. The van der Waals surface area contributed by atoms with Crippen molar-refractivity contribution in [3.05, 3.63) is 108 Å². The van der Waals surface area contributed by atoms with Gasteiger partial charge in [-0.1, -0.05) is 106 Å². The summed E-state index contributed by atoms with van der Waals surface area (Å²) in [5.74, 6) is -2.59. The van der Waals surface area contributed by atoms with Crippen LogP contribution in [-0.2, 0) is 101 Å². The van der Waals surface area contributed by atoms with Crippen molar-refractivity contribution in [2.24, 2.45) is 0 Å². The second kappa shape index (κ2) is 41.2. The summed E-state index contributed by atoms with van der Waals surface area (Å²) in [6.07, 6.45) is 3.37. The van der Waals surface area contributed by atoms with Crippen molar-refractivity contribution in [3.63, 3.8) is 0 Å². The molecule has 0 bridgehead atoms. The van der Waals surface area contributed by atoms with Gasteiger partial charge in [0, 0.05) is 13.0 Å². The third-order valence-corrected chi connectivity index (χ3v) is 11.5. The van der Waals surface area contributed by atoms with E-state index < -0.39 is 61.2 Å². The Labute approximate surface area is 457 Å². The Balaban J connectivity index is 0.0000144. The number of unbranched alkanes of at least 4 members (excludes halogenated alkanes) is 8. The molecule has 19 heteroatoms. The molecule has 74 heavy (non-hydrogen) atoms. The van der Waals surface area contributed by atoms with E-state index in [1.807, 2.05) is 0 Å². The molecule has 1 heterocycles. The Morgan fingerprint density at radius 2 is 0.838 bits per heavy atom. The van der Waals surface area contributed by atoms with Crippen molar-refractivity contribution in [2.75, 3.05) is 98.2 Å². The van der Waals surface area contributed by atoms with Crippen molar-refractivity contribution in [1.82, 2.24) is 0 Å². The maximum atomic E-state index is 13.8. The Kier molecular flexibility index (Phi) is 35.8. The van der Waals surface area contributed by atoms with Crippen LogP contribution in [0.15, 0.2) is 91.0 Å². The molecule has 0 spiro atoms.